The molecule has 0 aromatic rings. The number of carboxylic acids is 1. The van der Waals surface area contributed by atoms with Crippen LogP contribution in [0.5, 0.6) is 0 Å². The van der Waals surface area contributed by atoms with Crippen LogP contribution in [-0.2, 0) is 4.79 Å². The normalized spacial score (nSPS) is 14.4. The van der Waals surface area contributed by atoms with Crippen LogP contribution in [0.25, 0.3) is 0 Å². The molecule has 0 unspecified atom stereocenters. The SMILES string of the molecule is CC(C)C(CC[C@@H](C)CC(=O)O)=NO. The van der Waals surface area contributed by atoms with Crippen LogP contribution in [0.1, 0.15) is 40.0 Å². The van der Waals surface area contributed by atoms with Gasteiger partial charge in [0, 0.05) is 6.42 Å². The van der Waals surface area contributed by atoms with Crippen molar-refractivity contribution in [3.8, 4) is 0 Å². The second-order valence-electron chi connectivity index (χ2n) is 3.99. The van der Waals surface area contributed by atoms with Gasteiger partial charge in [-0.2, -0.15) is 0 Å². The van der Waals surface area contributed by atoms with E-state index in [1.54, 1.807) is 0 Å². The third-order valence-corrected chi connectivity index (χ3v) is 2.21. The van der Waals surface area contributed by atoms with Crippen molar-refractivity contribution in [2.24, 2.45) is 17.0 Å². The van der Waals surface area contributed by atoms with Gasteiger partial charge in [0.2, 0.25) is 0 Å². The number of rotatable bonds is 6. The zero-order chi connectivity index (χ0) is 11.1. The van der Waals surface area contributed by atoms with Crippen molar-refractivity contribution in [1.82, 2.24) is 0 Å². The van der Waals surface area contributed by atoms with Gasteiger partial charge in [0.1, 0.15) is 0 Å². The van der Waals surface area contributed by atoms with E-state index in [2.05, 4.69) is 5.16 Å². The third-order valence-electron chi connectivity index (χ3n) is 2.21. The Bertz CT molecular complexity index is 211. The highest BCUT2D eigenvalue weighted by Gasteiger charge is 2.11. The zero-order valence-electron chi connectivity index (χ0n) is 9.03. The molecule has 0 aliphatic carbocycles. The highest BCUT2D eigenvalue weighted by Crippen LogP contribution is 2.13. The highest BCUT2D eigenvalue weighted by atomic mass is 16.4. The lowest BCUT2D eigenvalue weighted by Gasteiger charge is -2.11. The van der Waals surface area contributed by atoms with E-state index in [9.17, 15) is 4.79 Å². The van der Waals surface area contributed by atoms with Gasteiger partial charge in [-0.15, -0.1) is 0 Å². The first-order valence-corrected chi connectivity index (χ1v) is 4.90. The quantitative estimate of drug-likeness (QED) is 0.393. The van der Waals surface area contributed by atoms with Gasteiger partial charge in [-0.05, 0) is 24.7 Å². The lowest BCUT2D eigenvalue weighted by Crippen LogP contribution is -2.11. The van der Waals surface area contributed by atoms with E-state index in [1.807, 2.05) is 20.8 Å². The van der Waals surface area contributed by atoms with Crippen LogP contribution in [0.3, 0.4) is 0 Å². The molecule has 14 heavy (non-hydrogen) atoms. The Hall–Kier alpha value is -1.06. The van der Waals surface area contributed by atoms with Gasteiger partial charge in [0.25, 0.3) is 0 Å². The van der Waals surface area contributed by atoms with E-state index in [-0.39, 0.29) is 18.3 Å². The molecule has 0 radical (unpaired) electrons. The number of oxime groups is 1. The van der Waals surface area contributed by atoms with Crippen LogP contribution >= 0.6 is 0 Å². The lowest BCUT2D eigenvalue weighted by molar-refractivity contribution is -0.138. The molecular weight excluding hydrogens is 182 g/mol. The molecule has 0 heterocycles. The van der Waals surface area contributed by atoms with Gasteiger partial charge in [0.15, 0.2) is 0 Å². The molecule has 1 atom stereocenters. The molecule has 0 aromatic carbocycles. The smallest absolute Gasteiger partial charge is 0.303 e. The van der Waals surface area contributed by atoms with Crippen LogP contribution in [-0.4, -0.2) is 22.0 Å². The predicted octanol–water partition coefficient (Wildman–Crippen LogP) is 2.36. The van der Waals surface area contributed by atoms with E-state index in [0.717, 1.165) is 12.1 Å². The van der Waals surface area contributed by atoms with Gasteiger partial charge in [-0.3, -0.25) is 4.79 Å². The van der Waals surface area contributed by atoms with E-state index >= 15 is 0 Å². The molecule has 0 aromatic heterocycles. The Kier molecular flexibility index (Phi) is 5.92. The molecule has 0 saturated heterocycles. The fourth-order valence-electron chi connectivity index (χ4n) is 1.25. The van der Waals surface area contributed by atoms with Crippen molar-refractivity contribution in [2.45, 2.75) is 40.0 Å². The van der Waals surface area contributed by atoms with Gasteiger partial charge in [0.05, 0.1) is 5.71 Å². The summed E-state index contributed by atoms with van der Waals surface area (Å²) in [6.45, 7) is 5.80. The Labute approximate surface area is 84.6 Å². The van der Waals surface area contributed by atoms with Crippen LogP contribution < -0.4 is 0 Å². The molecule has 0 spiro atoms. The molecule has 0 rings (SSSR count). The maximum absolute atomic E-state index is 10.4. The molecule has 0 amide bonds. The summed E-state index contributed by atoms with van der Waals surface area (Å²) in [6, 6.07) is 0. The van der Waals surface area contributed by atoms with Crippen LogP contribution in [0.15, 0.2) is 5.16 Å². The standard InChI is InChI=1S/C10H19NO3/c1-7(2)9(11-14)5-4-8(3)6-10(12)13/h7-8,14H,4-6H2,1-3H3,(H,12,13)/t8-/m1/s1. The van der Waals surface area contributed by atoms with Crippen molar-refractivity contribution in [3.05, 3.63) is 0 Å². The second-order valence-corrected chi connectivity index (χ2v) is 3.99. The summed E-state index contributed by atoms with van der Waals surface area (Å²) in [5, 5.41) is 20.4. The van der Waals surface area contributed by atoms with Crippen LogP contribution in [0.2, 0.25) is 0 Å². The molecule has 4 heteroatoms. The van der Waals surface area contributed by atoms with Crippen LogP contribution in [0, 0.1) is 11.8 Å². The number of hydrogen-bond donors (Lipinski definition) is 2. The fourth-order valence-corrected chi connectivity index (χ4v) is 1.25. The minimum absolute atomic E-state index is 0.128. The molecule has 2 N–H and O–H groups in total. The first-order chi connectivity index (χ1) is 6.47. The van der Waals surface area contributed by atoms with E-state index < -0.39 is 5.97 Å². The minimum Gasteiger partial charge on any atom is -0.481 e. The molecule has 4 nitrogen and oxygen atoms in total. The number of carbonyl (C=O) groups is 1. The van der Waals surface area contributed by atoms with E-state index in [0.29, 0.717) is 6.42 Å². The van der Waals surface area contributed by atoms with Crippen molar-refractivity contribution >= 4 is 11.7 Å². The molecule has 0 bridgehead atoms. The predicted molar refractivity (Wildman–Crippen MR) is 54.7 cm³/mol. The molecule has 82 valence electrons. The van der Waals surface area contributed by atoms with Gasteiger partial charge in [-0.1, -0.05) is 25.9 Å². The number of aliphatic carboxylic acids is 1. The zero-order valence-corrected chi connectivity index (χ0v) is 9.03. The van der Waals surface area contributed by atoms with E-state index in [4.69, 9.17) is 10.3 Å². The first kappa shape index (κ1) is 12.9. The fraction of sp³-hybridized carbons (Fsp3) is 0.800. The molecule has 0 fully saturated rings. The maximum Gasteiger partial charge on any atom is 0.303 e. The Morgan fingerprint density at radius 3 is 2.29 bits per heavy atom. The largest absolute Gasteiger partial charge is 0.481 e. The molecule has 0 saturated carbocycles. The lowest BCUT2D eigenvalue weighted by atomic mass is 9.96. The van der Waals surface area contributed by atoms with Gasteiger partial charge < -0.3 is 10.3 Å². The second kappa shape index (κ2) is 6.40. The maximum atomic E-state index is 10.4. The topological polar surface area (TPSA) is 69.9 Å². The highest BCUT2D eigenvalue weighted by molar-refractivity contribution is 5.85. The Morgan fingerprint density at radius 2 is 1.93 bits per heavy atom. The molecular formula is C10H19NO3. The summed E-state index contributed by atoms with van der Waals surface area (Å²) in [6.07, 6.45) is 1.60. The molecule has 0 aliphatic heterocycles. The summed E-state index contributed by atoms with van der Waals surface area (Å²) < 4.78 is 0. The monoisotopic (exact) mass is 201 g/mol. The summed E-state index contributed by atoms with van der Waals surface area (Å²) in [5.74, 6) is -0.426. The molecule has 0 aliphatic rings. The first-order valence-electron chi connectivity index (χ1n) is 4.90. The Balaban J connectivity index is 3.86. The summed E-state index contributed by atoms with van der Waals surface area (Å²) in [5.41, 5.74) is 0.738. The summed E-state index contributed by atoms with van der Waals surface area (Å²) >= 11 is 0. The average Bonchev–Trinajstić information content (AvgIpc) is 2.03. The average molecular weight is 201 g/mol. The third kappa shape index (κ3) is 5.56. The number of nitrogens with zero attached hydrogens (tertiary/aromatic N) is 1. The van der Waals surface area contributed by atoms with Gasteiger partial charge >= 0.3 is 5.97 Å². The summed E-state index contributed by atoms with van der Waals surface area (Å²) in [7, 11) is 0. The minimum atomic E-state index is -0.774. The van der Waals surface area contributed by atoms with Crippen molar-refractivity contribution < 1.29 is 15.1 Å². The van der Waals surface area contributed by atoms with E-state index in [1.165, 1.54) is 0 Å². The number of hydrogen-bond acceptors (Lipinski definition) is 3. The van der Waals surface area contributed by atoms with Crippen molar-refractivity contribution in [1.29, 1.82) is 0 Å². The van der Waals surface area contributed by atoms with Crippen LogP contribution in [0.4, 0.5) is 0 Å². The van der Waals surface area contributed by atoms with Gasteiger partial charge in [-0.25, -0.2) is 0 Å². The summed E-state index contributed by atoms with van der Waals surface area (Å²) in [4.78, 5) is 10.4. The van der Waals surface area contributed by atoms with Crippen molar-refractivity contribution in [3.63, 3.8) is 0 Å². The Morgan fingerprint density at radius 1 is 1.36 bits per heavy atom. The number of carboxylic acid groups (broad SMARTS) is 1. The van der Waals surface area contributed by atoms with Crippen molar-refractivity contribution in [2.75, 3.05) is 0 Å².